The third-order valence-corrected chi connectivity index (χ3v) is 3.13. The molecule has 0 radical (unpaired) electrons. The van der Waals surface area contributed by atoms with E-state index in [0.29, 0.717) is 6.42 Å². The molecule has 0 aliphatic carbocycles. The number of methoxy groups -OCH3 is 1. The second kappa shape index (κ2) is 4.65. The Morgan fingerprint density at radius 2 is 2.06 bits per heavy atom. The SMILES string of the molecule is CCn1cc(CC(C)(C)O)c2c(OC)cccc21. The minimum atomic E-state index is -0.715. The summed E-state index contributed by atoms with van der Waals surface area (Å²) in [5.74, 6) is 0.874. The van der Waals surface area contributed by atoms with E-state index in [0.717, 1.165) is 28.8 Å². The highest BCUT2D eigenvalue weighted by molar-refractivity contribution is 5.90. The van der Waals surface area contributed by atoms with Gasteiger partial charge in [0.25, 0.3) is 0 Å². The summed E-state index contributed by atoms with van der Waals surface area (Å²) in [6, 6.07) is 6.06. The van der Waals surface area contributed by atoms with Gasteiger partial charge in [-0.1, -0.05) is 6.07 Å². The molecule has 0 spiro atoms. The first-order valence-electron chi connectivity index (χ1n) is 6.33. The fraction of sp³-hybridized carbons (Fsp3) is 0.467. The average molecular weight is 247 g/mol. The summed E-state index contributed by atoms with van der Waals surface area (Å²) in [5, 5.41) is 11.1. The minimum absolute atomic E-state index is 0.622. The van der Waals surface area contributed by atoms with Crippen LogP contribution in [0, 0.1) is 0 Å². The van der Waals surface area contributed by atoms with Crippen LogP contribution >= 0.6 is 0 Å². The van der Waals surface area contributed by atoms with Crippen molar-refractivity contribution in [2.24, 2.45) is 0 Å². The first-order valence-corrected chi connectivity index (χ1v) is 6.33. The van der Waals surface area contributed by atoms with E-state index < -0.39 is 5.60 Å². The number of ether oxygens (including phenoxy) is 1. The number of hydrogen-bond donors (Lipinski definition) is 1. The van der Waals surface area contributed by atoms with Crippen molar-refractivity contribution in [3.8, 4) is 5.75 Å². The number of rotatable bonds is 4. The summed E-state index contributed by atoms with van der Waals surface area (Å²) in [7, 11) is 1.69. The van der Waals surface area contributed by atoms with E-state index in [1.807, 2.05) is 26.0 Å². The standard InChI is InChI=1S/C15H21NO2/c1-5-16-10-11(9-15(2,3)17)14-12(16)7-6-8-13(14)18-4/h6-8,10,17H,5,9H2,1-4H3. The Morgan fingerprint density at radius 1 is 1.33 bits per heavy atom. The van der Waals surface area contributed by atoms with Crippen LogP contribution in [0.1, 0.15) is 26.3 Å². The fourth-order valence-electron chi connectivity index (χ4n) is 2.44. The lowest BCUT2D eigenvalue weighted by Crippen LogP contribution is -2.21. The molecule has 98 valence electrons. The smallest absolute Gasteiger partial charge is 0.128 e. The zero-order valence-corrected chi connectivity index (χ0v) is 11.5. The van der Waals surface area contributed by atoms with Crippen LogP contribution < -0.4 is 4.74 Å². The zero-order valence-electron chi connectivity index (χ0n) is 11.5. The van der Waals surface area contributed by atoms with Gasteiger partial charge in [0.15, 0.2) is 0 Å². The van der Waals surface area contributed by atoms with Gasteiger partial charge in [0.1, 0.15) is 5.75 Å². The molecule has 3 nitrogen and oxygen atoms in total. The highest BCUT2D eigenvalue weighted by Gasteiger charge is 2.19. The van der Waals surface area contributed by atoms with Crippen LogP contribution in [0.25, 0.3) is 10.9 Å². The molecule has 0 aliphatic rings. The van der Waals surface area contributed by atoms with E-state index in [1.54, 1.807) is 7.11 Å². The lowest BCUT2D eigenvalue weighted by atomic mass is 9.98. The first kappa shape index (κ1) is 13.0. The Morgan fingerprint density at radius 3 is 2.61 bits per heavy atom. The van der Waals surface area contributed by atoms with Crippen molar-refractivity contribution in [3.05, 3.63) is 30.0 Å². The van der Waals surface area contributed by atoms with Crippen molar-refractivity contribution in [3.63, 3.8) is 0 Å². The van der Waals surface area contributed by atoms with Crippen LogP contribution in [0.15, 0.2) is 24.4 Å². The van der Waals surface area contributed by atoms with E-state index in [4.69, 9.17) is 4.74 Å². The molecule has 2 aromatic rings. The third kappa shape index (κ3) is 2.36. The highest BCUT2D eigenvalue weighted by atomic mass is 16.5. The van der Waals surface area contributed by atoms with Crippen molar-refractivity contribution in [1.82, 2.24) is 4.57 Å². The molecular weight excluding hydrogens is 226 g/mol. The molecule has 18 heavy (non-hydrogen) atoms. The van der Waals surface area contributed by atoms with Gasteiger partial charge in [-0.15, -0.1) is 0 Å². The van der Waals surface area contributed by atoms with Crippen molar-refractivity contribution >= 4 is 10.9 Å². The summed E-state index contributed by atoms with van der Waals surface area (Å²) < 4.78 is 7.64. The molecule has 1 N–H and O–H groups in total. The molecule has 0 saturated heterocycles. The summed E-state index contributed by atoms with van der Waals surface area (Å²) >= 11 is 0. The average Bonchev–Trinajstić information content (AvgIpc) is 2.65. The van der Waals surface area contributed by atoms with Crippen LogP contribution in [0.4, 0.5) is 0 Å². The Balaban J connectivity index is 2.65. The second-order valence-electron chi connectivity index (χ2n) is 5.28. The lowest BCUT2D eigenvalue weighted by Gasteiger charge is -2.16. The molecule has 2 rings (SSSR count). The van der Waals surface area contributed by atoms with Crippen LogP contribution in [0.5, 0.6) is 5.75 Å². The maximum Gasteiger partial charge on any atom is 0.128 e. The molecule has 0 unspecified atom stereocenters. The van der Waals surface area contributed by atoms with Gasteiger partial charge in [0, 0.05) is 24.5 Å². The van der Waals surface area contributed by atoms with Crippen LogP contribution in [-0.4, -0.2) is 22.4 Å². The predicted molar refractivity (Wildman–Crippen MR) is 74.2 cm³/mol. The number of nitrogens with zero attached hydrogens (tertiary/aromatic N) is 1. The van der Waals surface area contributed by atoms with Crippen LogP contribution in [0.3, 0.4) is 0 Å². The normalized spacial score (nSPS) is 12.1. The largest absolute Gasteiger partial charge is 0.496 e. The van der Waals surface area contributed by atoms with E-state index in [-0.39, 0.29) is 0 Å². The molecule has 1 heterocycles. The summed E-state index contributed by atoms with van der Waals surface area (Å²) in [5.41, 5.74) is 1.58. The Labute approximate surface area is 108 Å². The van der Waals surface area contributed by atoms with Crippen LogP contribution in [-0.2, 0) is 13.0 Å². The van der Waals surface area contributed by atoms with Gasteiger partial charge in [-0.3, -0.25) is 0 Å². The Hall–Kier alpha value is -1.48. The zero-order chi connectivity index (χ0) is 13.3. The van der Waals surface area contributed by atoms with E-state index in [9.17, 15) is 5.11 Å². The minimum Gasteiger partial charge on any atom is -0.496 e. The third-order valence-electron chi connectivity index (χ3n) is 3.13. The molecule has 0 fully saturated rings. The number of aromatic nitrogens is 1. The molecule has 0 amide bonds. The summed E-state index contributed by atoms with van der Waals surface area (Å²) in [6.07, 6.45) is 2.74. The van der Waals surface area contributed by atoms with Gasteiger partial charge in [0.2, 0.25) is 0 Å². The molecular formula is C15H21NO2. The molecule has 1 aromatic heterocycles. The van der Waals surface area contributed by atoms with Gasteiger partial charge >= 0.3 is 0 Å². The topological polar surface area (TPSA) is 34.4 Å². The van der Waals surface area contributed by atoms with E-state index in [1.165, 1.54) is 0 Å². The molecule has 0 aliphatic heterocycles. The van der Waals surface area contributed by atoms with Crippen LogP contribution in [0.2, 0.25) is 0 Å². The second-order valence-corrected chi connectivity index (χ2v) is 5.28. The Bertz CT molecular complexity index is 549. The molecule has 0 atom stereocenters. The highest BCUT2D eigenvalue weighted by Crippen LogP contribution is 2.32. The quantitative estimate of drug-likeness (QED) is 0.901. The van der Waals surface area contributed by atoms with Crippen molar-refractivity contribution in [1.29, 1.82) is 0 Å². The fourth-order valence-corrected chi connectivity index (χ4v) is 2.44. The van der Waals surface area contributed by atoms with Crippen molar-refractivity contribution in [2.75, 3.05) is 7.11 Å². The Kier molecular flexibility index (Phi) is 3.35. The van der Waals surface area contributed by atoms with E-state index >= 15 is 0 Å². The number of fused-ring (bicyclic) bond motifs is 1. The number of aryl methyl sites for hydroxylation is 1. The number of aliphatic hydroxyl groups is 1. The monoisotopic (exact) mass is 247 g/mol. The van der Waals surface area contributed by atoms with Gasteiger partial charge in [-0.25, -0.2) is 0 Å². The lowest BCUT2D eigenvalue weighted by molar-refractivity contribution is 0.0813. The number of hydrogen-bond acceptors (Lipinski definition) is 2. The van der Waals surface area contributed by atoms with Gasteiger partial charge < -0.3 is 14.4 Å². The molecule has 1 aromatic carbocycles. The number of benzene rings is 1. The first-order chi connectivity index (χ1) is 8.46. The van der Waals surface area contributed by atoms with Crippen molar-refractivity contribution < 1.29 is 9.84 Å². The molecule has 0 saturated carbocycles. The summed E-state index contributed by atoms with van der Waals surface area (Å²) in [4.78, 5) is 0. The maximum atomic E-state index is 10.0. The van der Waals surface area contributed by atoms with Gasteiger partial charge in [-0.05, 0) is 38.5 Å². The molecule has 0 bridgehead atoms. The summed E-state index contributed by atoms with van der Waals surface area (Å²) in [6.45, 7) is 6.69. The van der Waals surface area contributed by atoms with Gasteiger partial charge in [0.05, 0.1) is 18.2 Å². The predicted octanol–water partition coefficient (Wildman–Crippen LogP) is 2.98. The van der Waals surface area contributed by atoms with Gasteiger partial charge in [-0.2, -0.15) is 0 Å². The maximum absolute atomic E-state index is 10.0. The molecule has 3 heteroatoms. The van der Waals surface area contributed by atoms with E-state index in [2.05, 4.69) is 23.8 Å². The van der Waals surface area contributed by atoms with Crippen molar-refractivity contribution in [2.45, 2.75) is 39.3 Å².